The number of nitrogens with one attached hydrogen (secondary N) is 2. The molecule has 3 rings (SSSR count). The van der Waals surface area contributed by atoms with Crippen molar-refractivity contribution in [3.63, 3.8) is 0 Å². The van der Waals surface area contributed by atoms with E-state index in [-0.39, 0.29) is 11.8 Å². The van der Waals surface area contributed by atoms with Crippen LogP contribution in [0.15, 0.2) is 41.9 Å². The average molecular weight is 375 g/mol. The number of carbonyl (C=O) groups excluding carboxylic acids is 2. The molecule has 0 atom stereocenters. The van der Waals surface area contributed by atoms with Crippen molar-refractivity contribution in [3.05, 3.63) is 58.3 Å². The first-order valence-corrected chi connectivity index (χ1v) is 8.72. The van der Waals surface area contributed by atoms with Crippen LogP contribution in [0.1, 0.15) is 11.3 Å². The van der Waals surface area contributed by atoms with Gasteiger partial charge in [0, 0.05) is 30.4 Å². The summed E-state index contributed by atoms with van der Waals surface area (Å²) in [5.41, 5.74) is 2.18. The highest BCUT2D eigenvalue weighted by atomic mass is 35.5. The molecule has 2 amide bonds. The minimum atomic E-state index is -0.278. The van der Waals surface area contributed by atoms with Crippen LogP contribution >= 0.6 is 22.9 Å². The molecule has 2 heterocycles. The number of aromatic nitrogens is 2. The maximum Gasteiger partial charge on any atom is 0.248 e. The Hall–Kier alpha value is -2.64. The Kier molecular flexibility index (Phi) is 5.16. The second kappa shape index (κ2) is 7.50. The number of likely N-dealkylation sites (N-methyl/N-ethyl adjacent to an activating group) is 1. The summed E-state index contributed by atoms with van der Waals surface area (Å²) in [4.78, 5) is 28.4. The molecule has 0 saturated heterocycles. The monoisotopic (exact) mass is 374 g/mol. The summed E-state index contributed by atoms with van der Waals surface area (Å²) < 4.78 is 1.82. The molecule has 2 aromatic heterocycles. The molecule has 128 valence electrons. The van der Waals surface area contributed by atoms with Crippen LogP contribution in [-0.2, 0) is 16.0 Å². The zero-order chi connectivity index (χ0) is 17.8. The molecule has 0 bridgehead atoms. The lowest BCUT2D eigenvalue weighted by Gasteiger charge is -2.04. The van der Waals surface area contributed by atoms with Gasteiger partial charge in [-0.2, -0.15) is 0 Å². The third-order valence-electron chi connectivity index (χ3n) is 3.51. The molecule has 0 fully saturated rings. The van der Waals surface area contributed by atoms with Crippen molar-refractivity contribution in [2.24, 2.45) is 0 Å². The van der Waals surface area contributed by atoms with E-state index in [2.05, 4.69) is 15.6 Å². The molecule has 2 N–H and O–H groups in total. The second-order valence-corrected chi connectivity index (χ2v) is 6.44. The molecule has 0 aliphatic rings. The second-order valence-electron chi connectivity index (χ2n) is 5.21. The lowest BCUT2D eigenvalue weighted by Crippen LogP contribution is -2.19. The molecule has 0 saturated carbocycles. The number of amides is 2. The highest BCUT2D eigenvalue weighted by Gasteiger charge is 2.09. The molecule has 0 spiro atoms. The predicted molar refractivity (Wildman–Crippen MR) is 100.0 cm³/mol. The number of anilines is 1. The van der Waals surface area contributed by atoms with Crippen LogP contribution in [0.5, 0.6) is 0 Å². The molecule has 0 unspecified atom stereocenters. The van der Waals surface area contributed by atoms with Gasteiger partial charge in [-0.05, 0) is 23.8 Å². The van der Waals surface area contributed by atoms with Crippen molar-refractivity contribution < 1.29 is 9.59 Å². The number of thiazole rings is 1. The maximum atomic E-state index is 12.1. The number of fused-ring (bicyclic) bond motifs is 1. The van der Waals surface area contributed by atoms with Gasteiger partial charge in [0.1, 0.15) is 0 Å². The van der Waals surface area contributed by atoms with E-state index in [1.54, 1.807) is 37.4 Å². The highest BCUT2D eigenvalue weighted by Crippen LogP contribution is 2.22. The smallest absolute Gasteiger partial charge is 0.248 e. The summed E-state index contributed by atoms with van der Waals surface area (Å²) in [7, 11) is 1.60. The molecule has 25 heavy (non-hydrogen) atoms. The van der Waals surface area contributed by atoms with Crippen molar-refractivity contribution in [1.82, 2.24) is 14.7 Å². The number of rotatable bonds is 5. The molecular formula is C17H15ClN4O2S. The first-order valence-electron chi connectivity index (χ1n) is 7.46. The maximum absolute atomic E-state index is 12.1. The van der Waals surface area contributed by atoms with E-state index in [4.69, 9.17) is 11.6 Å². The number of halogens is 1. The molecule has 6 nitrogen and oxygen atoms in total. The van der Waals surface area contributed by atoms with Gasteiger partial charge in [-0.3, -0.25) is 14.0 Å². The van der Waals surface area contributed by atoms with Gasteiger partial charge >= 0.3 is 0 Å². The molecular weight excluding hydrogens is 360 g/mol. The molecule has 1 aromatic carbocycles. The van der Waals surface area contributed by atoms with Gasteiger partial charge in [0.05, 0.1) is 12.1 Å². The number of imidazole rings is 1. The first-order chi connectivity index (χ1) is 12.1. The highest BCUT2D eigenvalue weighted by molar-refractivity contribution is 7.15. The van der Waals surface area contributed by atoms with Gasteiger partial charge in [-0.15, -0.1) is 11.3 Å². The normalized spacial score (nSPS) is 11.1. The Bertz CT molecular complexity index is 943. The number of hydrogen-bond donors (Lipinski definition) is 2. The van der Waals surface area contributed by atoms with E-state index in [1.165, 1.54) is 17.4 Å². The molecule has 0 aliphatic heterocycles. The van der Waals surface area contributed by atoms with Crippen molar-refractivity contribution in [1.29, 1.82) is 0 Å². The van der Waals surface area contributed by atoms with Crippen LogP contribution < -0.4 is 10.6 Å². The zero-order valence-electron chi connectivity index (χ0n) is 13.3. The minimum Gasteiger partial charge on any atom is -0.359 e. The van der Waals surface area contributed by atoms with Crippen molar-refractivity contribution >= 4 is 51.5 Å². The predicted octanol–water partition coefficient (Wildman–Crippen LogP) is 2.99. The van der Waals surface area contributed by atoms with E-state index in [1.807, 2.05) is 16.0 Å². The first kappa shape index (κ1) is 17.2. The fourth-order valence-electron chi connectivity index (χ4n) is 2.24. The van der Waals surface area contributed by atoms with E-state index in [0.29, 0.717) is 23.0 Å². The van der Waals surface area contributed by atoms with Crippen LogP contribution in [0.4, 0.5) is 5.69 Å². The Morgan fingerprint density at radius 1 is 1.32 bits per heavy atom. The summed E-state index contributed by atoms with van der Waals surface area (Å²) in [5, 5.41) is 7.59. The summed E-state index contributed by atoms with van der Waals surface area (Å²) in [6.45, 7) is 0. The molecule has 3 aromatic rings. The van der Waals surface area contributed by atoms with E-state index >= 15 is 0 Å². The average Bonchev–Trinajstić information content (AvgIpc) is 3.15. The van der Waals surface area contributed by atoms with Crippen LogP contribution in [0.2, 0.25) is 5.15 Å². The molecule has 8 heteroatoms. The summed E-state index contributed by atoms with van der Waals surface area (Å²) in [6, 6.07) is 7.12. The van der Waals surface area contributed by atoms with E-state index in [9.17, 15) is 9.59 Å². The van der Waals surface area contributed by atoms with Crippen LogP contribution in [-0.4, -0.2) is 28.2 Å². The van der Waals surface area contributed by atoms with Crippen molar-refractivity contribution in [2.45, 2.75) is 6.42 Å². The summed E-state index contributed by atoms with van der Waals surface area (Å²) in [5.74, 6) is -0.336. The molecule has 0 radical (unpaired) electrons. The van der Waals surface area contributed by atoms with Gasteiger partial charge in [0.15, 0.2) is 10.1 Å². The Balaban J connectivity index is 1.65. The number of carbonyl (C=O) groups is 2. The van der Waals surface area contributed by atoms with Gasteiger partial charge in [-0.1, -0.05) is 23.7 Å². The quantitative estimate of drug-likeness (QED) is 0.674. The third kappa shape index (κ3) is 4.07. The third-order valence-corrected chi connectivity index (χ3v) is 4.55. The van der Waals surface area contributed by atoms with E-state index in [0.717, 1.165) is 10.5 Å². The summed E-state index contributed by atoms with van der Waals surface area (Å²) >= 11 is 7.55. The van der Waals surface area contributed by atoms with Crippen molar-refractivity contribution in [3.8, 4) is 0 Å². The van der Waals surface area contributed by atoms with Crippen LogP contribution in [0.25, 0.3) is 11.0 Å². The topological polar surface area (TPSA) is 75.5 Å². The minimum absolute atomic E-state index is 0.0582. The summed E-state index contributed by atoms with van der Waals surface area (Å²) in [6.07, 6.45) is 5.19. The zero-order valence-corrected chi connectivity index (χ0v) is 14.9. The van der Waals surface area contributed by atoms with Gasteiger partial charge in [0.25, 0.3) is 0 Å². The van der Waals surface area contributed by atoms with E-state index < -0.39 is 0 Å². The van der Waals surface area contributed by atoms with Crippen LogP contribution in [0.3, 0.4) is 0 Å². The largest absolute Gasteiger partial charge is 0.359 e. The number of benzene rings is 1. The van der Waals surface area contributed by atoms with Gasteiger partial charge < -0.3 is 10.6 Å². The number of nitrogens with zero attached hydrogens (tertiary/aromatic N) is 2. The lowest BCUT2D eigenvalue weighted by atomic mass is 10.1. The van der Waals surface area contributed by atoms with Gasteiger partial charge in [-0.25, -0.2) is 4.98 Å². The lowest BCUT2D eigenvalue weighted by molar-refractivity contribution is -0.120. The SMILES string of the molecule is CNC(=O)Cc1ccc(NC(=O)/C=C/c2c(Cl)nc3sccn23)cc1. The standard InChI is InChI=1S/C17H15ClN4O2S/c1-19-15(24)10-11-2-4-12(5-3-11)20-14(23)7-6-13-16(18)21-17-22(13)8-9-25-17/h2-9H,10H2,1H3,(H,19,24)(H,20,23)/b7-6+. The van der Waals surface area contributed by atoms with Crippen LogP contribution in [0, 0.1) is 0 Å². The Morgan fingerprint density at radius 2 is 2.08 bits per heavy atom. The Labute approximate surface area is 153 Å². The van der Waals surface area contributed by atoms with Crippen molar-refractivity contribution in [2.75, 3.05) is 12.4 Å². The fraction of sp³-hybridized carbons (Fsp3) is 0.118. The number of hydrogen-bond acceptors (Lipinski definition) is 4. The Morgan fingerprint density at radius 3 is 2.80 bits per heavy atom. The fourth-order valence-corrected chi connectivity index (χ4v) is 3.25. The van der Waals surface area contributed by atoms with Gasteiger partial charge in [0.2, 0.25) is 11.8 Å². The molecule has 0 aliphatic carbocycles.